The van der Waals surface area contributed by atoms with Crippen LogP contribution in [0.15, 0.2) is 52.0 Å². The Balaban J connectivity index is 1.80. The van der Waals surface area contributed by atoms with E-state index in [2.05, 4.69) is 5.32 Å². The lowest BCUT2D eigenvalue weighted by Crippen LogP contribution is -2.22. The Kier molecular flexibility index (Phi) is 5.08. The Morgan fingerprint density at radius 3 is 2.59 bits per heavy atom. The Bertz CT molecular complexity index is 1110. The number of anilines is 1. The zero-order valence-electron chi connectivity index (χ0n) is 15.7. The molecule has 27 heavy (non-hydrogen) atoms. The van der Waals surface area contributed by atoms with Gasteiger partial charge < -0.3 is 9.73 Å². The van der Waals surface area contributed by atoms with Crippen LogP contribution in [0, 0.1) is 13.8 Å². The predicted octanol–water partition coefficient (Wildman–Crippen LogP) is 3.48. The minimum Gasteiger partial charge on any atom is -0.464 e. The summed E-state index contributed by atoms with van der Waals surface area (Å²) in [6.07, 6.45) is 1.74. The molecule has 0 atom stereocenters. The summed E-state index contributed by atoms with van der Waals surface area (Å²) in [6.45, 7) is 4.00. The van der Waals surface area contributed by atoms with Crippen molar-refractivity contribution in [1.82, 2.24) is 4.31 Å². The number of rotatable bonds is 5. The molecule has 0 aliphatic rings. The van der Waals surface area contributed by atoms with Crippen molar-refractivity contribution < 1.29 is 17.6 Å². The minimum atomic E-state index is -3.56. The summed E-state index contributed by atoms with van der Waals surface area (Å²) in [5, 5.41) is 3.67. The van der Waals surface area contributed by atoms with Gasteiger partial charge in [0.05, 0.1) is 17.6 Å². The van der Waals surface area contributed by atoms with Crippen molar-refractivity contribution in [2.24, 2.45) is 0 Å². The van der Waals surface area contributed by atoms with Crippen LogP contribution in [0.5, 0.6) is 0 Å². The molecule has 0 saturated heterocycles. The minimum absolute atomic E-state index is 0.130. The van der Waals surface area contributed by atoms with Gasteiger partial charge in [-0.05, 0) is 43.2 Å². The number of benzene rings is 2. The third kappa shape index (κ3) is 3.74. The second-order valence-corrected chi connectivity index (χ2v) is 8.84. The highest BCUT2D eigenvalue weighted by Crippen LogP contribution is 2.27. The quantitative estimate of drug-likeness (QED) is 0.728. The van der Waals surface area contributed by atoms with E-state index in [9.17, 15) is 13.2 Å². The topological polar surface area (TPSA) is 79.6 Å². The first-order chi connectivity index (χ1) is 12.7. The molecule has 0 fully saturated rings. The SMILES string of the molecule is Cc1ccc2c(CC(=O)Nc3cccc(S(=O)(=O)N(C)C)c3)coc2c1C. The summed E-state index contributed by atoms with van der Waals surface area (Å²) >= 11 is 0. The molecule has 7 heteroatoms. The molecule has 2 aromatic carbocycles. The van der Waals surface area contributed by atoms with Crippen LogP contribution >= 0.6 is 0 Å². The number of sulfonamides is 1. The van der Waals surface area contributed by atoms with Crippen molar-refractivity contribution in [3.63, 3.8) is 0 Å². The molecule has 1 heterocycles. The largest absolute Gasteiger partial charge is 0.464 e. The van der Waals surface area contributed by atoms with Gasteiger partial charge in [-0.15, -0.1) is 0 Å². The van der Waals surface area contributed by atoms with E-state index in [0.29, 0.717) is 5.69 Å². The Morgan fingerprint density at radius 1 is 1.15 bits per heavy atom. The van der Waals surface area contributed by atoms with Gasteiger partial charge in [0.25, 0.3) is 0 Å². The fourth-order valence-corrected chi connectivity index (χ4v) is 3.80. The molecule has 3 aromatic rings. The molecule has 0 unspecified atom stereocenters. The van der Waals surface area contributed by atoms with E-state index < -0.39 is 10.0 Å². The first-order valence-corrected chi connectivity index (χ1v) is 9.93. The second kappa shape index (κ2) is 7.17. The number of furan rings is 1. The summed E-state index contributed by atoms with van der Waals surface area (Å²) in [5.74, 6) is -0.240. The Hall–Kier alpha value is -2.64. The number of aryl methyl sites for hydroxylation is 2. The first-order valence-electron chi connectivity index (χ1n) is 8.49. The summed E-state index contributed by atoms with van der Waals surface area (Å²) in [5.41, 5.74) is 4.20. The van der Waals surface area contributed by atoms with Crippen molar-refractivity contribution in [3.8, 4) is 0 Å². The smallest absolute Gasteiger partial charge is 0.242 e. The maximum Gasteiger partial charge on any atom is 0.242 e. The molecule has 0 spiro atoms. The standard InChI is InChI=1S/C20H22N2O4S/c1-13-8-9-18-15(12-26-20(18)14(13)2)10-19(23)21-16-6-5-7-17(11-16)27(24,25)22(3)4/h5-9,11-12H,10H2,1-4H3,(H,21,23). The molecule has 0 radical (unpaired) electrons. The highest BCUT2D eigenvalue weighted by Gasteiger charge is 2.18. The number of hydrogen-bond donors (Lipinski definition) is 1. The van der Waals surface area contributed by atoms with E-state index in [1.807, 2.05) is 26.0 Å². The monoisotopic (exact) mass is 386 g/mol. The van der Waals surface area contributed by atoms with E-state index in [1.165, 1.54) is 26.2 Å². The van der Waals surface area contributed by atoms with Crippen LogP contribution in [0.1, 0.15) is 16.7 Å². The molecular weight excluding hydrogens is 364 g/mol. The van der Waals surface area contributed by atoms with Crippen LogP contribution < -0.4 is 5.32 Å². The van der Waals surface area contributed by atoms with E-state index in [-0.39, 0.29) is 17.2 Å². The first kappa shape index (κ1) is 19.1. The van der Waals surface area contributed by atoms with Gasteiger partial charge >= 0.3 is 0 Å². The number of carbonyl (C=O) groups excluding carboxylic acids is 1. The fourth-order valence-electron chi connectivity index (χ4n) is 2.85. The van der Waals surface area contributed by atoms with Crippen LogP contribution in [0.2, 0.25) is 0 Å². The van der Waals surface area contributed by atoms with Gasteiger partial charge in [-0.1, -0.05) is 18.2 Å². The number of hydrogen-bond acceptors (Lipinski definition) is 4. The lowest BCUT2D eigenvalue weighted by molar-refractivity contribution is -0.115. The number of nitrogens with one attached hydrogen (secondary N) is 1. The lowest BCUT2D eigenvalue weighted by Gasteiger charge is -2.12. The van der Waals surface area contributed by atoms with E-state index in [1.54, 1.807) is 18.4 Å². The molecule has 6 nitrogen and oxygen atoms in total. The van der Waals surface area contributed by atoms with Crippen molar-refractivity contribution in [2.45, 2.75) is 25.2 Å². The van der Waals surface area contributed by atoms with Gasteiger partial charge in [-0.3, -0.25) is 4.79 Å². The van der Waals surface area contributed by atoms with Crippen LogP contribution in [-0.2, 0) is 21.2 Å². The average molecular weight is 386 g/mol. The van der Waals surface area contributed by atoms with Gasteiger partial charge in [0.2, 0.25) is 15.9 Å². The van der Waals surface area contributed by atoms with Crippen molar-refractivity contribution >= 4 is 32.6 Å². The van der Waals surface area contributed by atoms with Crippen molar-refractivity contribution in [1.29, 1.82) is 0 Å². The van der Waals surface area contributed by atoms with E-state index >= 15 is 0 Å². The molecule has 0 saturated carbocycles. The van der Waals surface area contributed by atoms with Crippen LogP contribution in [0.3, 0.4) is 0 Å². The third-order valence-corrected chi connectivity index (χ3v) is 6.40. The number of fused-ring (bicyclic) bond motifs is 1. The predicted molar refractivity (Wildman–Crippen MR) is 105 cm³/mol. The number of nitrogens with zero attached hydrogens (tertiary/aromatic N) is 1. The summed E-state index contributed by atoms with van der Waals surface area (Å²) in [7, 11) is -0.623. The molecule has 1 aromatic heterocycles. The summed E-state index contributed by atoms with van der Waals surface area (Å²) in [4.78, 5) is 12.6. The molecule has 1 amide bonds. The lowest BCUT2D eigenvalue weighted by atomic mass is 10.0. The Labute approximate surface area is 158 Å². The molecule has 0 aliphatic heterocycles. The second-order valence-electron chi connectivity index (χ2n) is 6.69. The zero-order chi connectivity index (χ0) is 19.8. The maximum absolute atomic E-state index is 12.5. The van der Waals surface area contributed by atoms with Crippen LogP contribution in [0.25, 0.3) is 11.0 Å². The molecule has 3 rings (SSSR count). The summed E-state index contributed by atoms with van der Waals surface area (Å²) < 4.78 is 31.2. The third-order valence-electron chi connectivity index (χ3n) is 4.59. The van der Waals surface area contributed by atoms with E-state index in [0.717, 1.165) is 32.0 Å². The zero-order valence-corrected chi connectivity index (χ0v) is 16.6. The van der Waals surface area contributed by atoms with Gasteiger partial charge in [-0.25, -0.2) is 12.7 Å². The van der Waals surface area contributed by atoms with Gasteiger partial charge in [0.1, 0.15) is 5.58 Å². The normalized spacial score (nSPS) is 11.9. The van der Waals surface area contributed by atoms with Gasteiger partial charge in [-0.2, -0.15) is 0 Å². The van der Waals surface area contributed by atoms with Crippen LogP contribution in [0.4, 0.5) is 5.69 Å². The molecule has 0 aliphatic carbocycles. The van der Waals surface area contributed by atoms with Crippen molar-refractivity contribution in [2.75, 3.05) is 19.4 Å². The molecular formula is C20H22N2O4S. The van der Waals surface area contributed by atoms with Crippen molar-refractivity contribution in [3.05, 3.63) is 59.4 Å². The van der Waals surface area contributed by atoms with Gasteiger partial charge in [0, 0.05) is 30.7 Å². The Morgan fingerprint density at radius 2 is 1.89 bits per heavy atom. The highest BCUT2D eigenvalue weighted by atomic mass is 32.2. The highest BCUT2D eigenvalue weighted by molar-refractivity contribution is 7.89. The average Bonchev–Trinajstić information content (AvgIpc) is 3.01. The number of amides is 1. The number of carbonyl (C=O) groups is 1. The van der Waals surface area contributed by atoms with Crippen LogP contribution in [-0.4, -0.2) is 32.7 Å². The molecule has 142 valence electrons. The summed E-state index contributed by atoms with van der Waals surface area (Å²) in [6, 6.07) is 10.2. The fraction of sp³-hybridized carbons (Fsp3) is 0.250. The maximum atomic E-state index is 12.5. The van der Waals surface area contributed by atoms with E-state index in [4.69, 9.17) is 4.42 Å². The molecule has 1 N–H and O–H groups in total. The van der Waals surface area contributed by atoms with Gasteiger partial charge in [0.15, 0.2) is 0 Å². The molecule has 0 bridgehead atoms.